The number of aliphatic carboxylic acids is 1. The molecule has 0 saturated heterocycles. The highest BCUT2D eigenvalue weighted by molar-refractivity contribution is 6.01. The van der Waals surface area contributed by atoms with Crippen LogP contribution in [-0.2, 0) is 14.3 Å². The molecule has 2 aromatic carbocycles. The van der Waals surface area contributed by atoms with Gasteiger partial charge in [-0.05, 0) is 29.3 Å². The summed E-state index contributed by atoms with van der Waals surface area (Å²) in [6, 6.07) is 13.4. The van der Waals surface area contributed by atoms with E-state index in [1.165, 1.54) is 0 Å². The van der Waals surface area contributed by atoms with Gasteiger partial charge < -0.3 is 9.84 Å². The van der Waals surface area contributed by atoms with Gasteiger partial charge in [-0.3, -0.25) is 4.79 Å². The summed E-state index contributed by atoms with van der Waals surface area (Å²) in [6.45, 7) is 1.90. The first-order valence-corrected chi connectivity index (χ1v) is 6.69. The summed E-state index contributed by atoms with van der Waals surface area (Å²) in [4.78, 5) is 22.8. The van der Waals surface area contributed by atoms with Crippen molar-refractivity contribution < 1.29 is 19.4 Å². The van der Waals surface area contributed by atoms with Gasteiger partial charge in [-0.1, -0.05) is 42.5 Å². The zero-order valence-corrected chi connectivity index (χ0v) is 11.7. The van der Waals surface area contributed by atoms with Gasteiger partial charge in [0.1, 0.15) is 0 Å². The van der Waals surface area contributed by atoms with Gasteiger partial charge >= 0.3 is 11.9 Å². The average Bonchev–Trinajstić information content (AvgIpc) is 2.46. The Morgan fingerprint density at radius 3 is 2.57 bits per heavy atom. The smallest absolute Gasteiger partial charge is 0.334 e. The van der Waals surface area contributed by atoms with Crippen molar-refractivity contribution >= 4 is 28.8 Å². The third-order valence-corrected chi connectivity index (χ3v) is 3.03. The fourth-order valence-corrected chi connectivity index (χ4v) is 2.13. The highest BCUT2D eigenvalue weighted by atomic mass is 16.5. The Hall–Kier alpha value is -2.62. The van der Waals surface area contributed by atoms with Gasteiger partial charge in [-0.2, -0.15) is 0 Å². The maximum atomic E-state index is 11.9. The van der Waals surface area contributed by atoms with E-state index in [2.05, 4.69) is 0 Å². The highest BCUT2D eigenvalue weighted by Gasteiger charge is 2.15. The molecule has 4 nitrogen and oxygen atoms in total. The Labute approximate surface area is 122 Å². The number of esters is 1. The lowest BCUT2D eigenvalue weighted by Gasteiger charge is -2.07. The van der Waals surface area contributed by atoms with Crippen LogP contribution in [0.25, 0.3) is 16.8 Å². The number of fused-ring (bicyclic) bond motifs is 1. The highest BCUT2D eigenvalue weighted by Crippen LogP contribution is 2.22. The van der Waals surface area contributed by atoms with Crippen LogP contribution in [0.3, 0.4) is 0 Å². The lowest BCUT2D eigenvalue weighted by Crippen LogP contribution is -2.11. The molecule has 108 valence electrons. The van der Waals surface area contributed by atoms with Crippen LogP contribution in [-0.4, -0.2) is 23.7 Å². The van der Waals surface area contributed by atoms with Gasteiger partial charge in [-0.15, -0.1) is 0 Å². The molecular weight excluding hydrogens is 268 g/mol. The number of hydrogen-bond donors (Lipinski definition) is 1. The molecule has 2 rings (SSSR count). The summed E-state index contributed by atoms with van der Waals surface area (Å²) >= 11 is 0. The molecular formula is C17H16O4. The Kier molecular flexibility index (Phi) is 4.72. The topological polar surface area (TPSA) is 63.6 Å². The number of rotatable bonds is 5. The van der Waals surface area contributed by atoms with E-state index < -0.39 is 11.9 Å². The quantitative estimate of drug-likeness (QED) is 0.676. The van der Waals surface area contributed by atoms with Gasteiger partial charge in [0.25, 0.3) is 0 Å². The molecule has 2 aromatic rings. The lowest BCUT2D eigenvalue weighted by atomic mass is 10.0. The monoisotopic (exact) mass is 284 g/mol. The van der Waals surface area contributed by atoms with Crippen molar-refractivity contribution in [2.75, 3.05) is 6.61 Å². The molecule has 0 radical (unpaired) electrons. The summed E-state index contributed by atoms with van der Waals surface area (Å²) in [5, 5.41) is 10.9. The van der Waals surface area contributed by atoms with Crippen LogP contribution >= 0.6 is 0 Å². The van der Waals surface area contributed by atoms with E-state index in [4.69, 9.17) is 9.84 Å². The molecule has 1 N–H and O–H groups in total. The number of carboxylic acid groups (broad SMARTS) is 1. The minimum absolute atomic E-state index is 0.140. The van der Waals surface area contributed by atoms with Crippen molar-refractivity contribution in [3.05, 3.63) is 53.6 Å². The van der Waals surface area contributed by atoms with Crippen molar-refractivity contribution in [3.63, 3.8) is 0 Å². The summed E-state index contributed by atoms with van der Waals surface area (Å²) in [5.41, 5.74) is 0.943. The number of carbonyl (C=O) groups excluding carboxylic acids is 1. The number of benzene rings is 2. The van der Waals surface area contributed by atoms with Gasteiger partial charge in [0.15, 0.2) is 0 Å². The predicted molar refractivity (Wildman–Crippen MR) is 80.8 cm³/mol. The molecule has 0 aliphatic carbocycles. The second-order valence-electron chi connectivity index (χ2n) is 4.53. The lowest BCUT2D eigenvalue weighted by molar-refractivity contribution is -0.142. The van der Waals surface area contributed by atoms with E-state index in [1.807, 2.05) is 42.5 Å². The van der Waals surface area contributed by atoms with Gasteiger partial charge in [-0.25, -0.2) is 4.79 Å². The van der Waals surface area contributed by atoms with Gasteiger partial charge in [0.05, 0.1) is 13.0 Å². The molecule has 0 fully saturated rings. The van der Waals surface area contributed by atoms with Crippen LogP contribution in [0, 0.1) is 0 Å². The number of hydrogen-bond acceptors (Lipinski definition) is 3. The average molecular weight is 284 g/mol. The van der Waals surface area contributed by atoms with Crippen molar-refractivity contribution in [3.8, 4) is 0 Å². The maximum absolute atomic E-state index is 11.9. The Bertz CT molecular complexity index is 696. The van der Waals surface area contributed by atoms with Crippen molar-refractivity contribution in [1.29, 1.82) is 0 Å². The van der Waals surface area contributed by atoms with Crippen molar-refractivity contribution in [2.24, 2.45) is 0 Å². The van der Waals surface area contributed by atoms with E-state index in [-0.39, 0.29) is 18.6 Å². The van der Waals surface area contributed by atoms with E-state index in [0.29, 0.717) is 0 Å². The molecule has 0 heterocycles. The van der Waals surface area contributed by atoms with Crippen LogP contribution < -0.4 is 0 Å². The normalized spacial score (nSPS) is 11.4. The minimum atomic E-state index is -1.06. The summed E-state index contributed by atoms with van der Waals surface area (Å²) in [6.07, 6.45) is 1.23. The fourth-order valence-electron chi connectivity index (χ4n) is 2.13. The third-order valence-electron chi connectivity index (χ3n) is 3.03. The molecule has 0 bridgehead atoms. The van der Waals surface area contributed by atoms with Crippen molar-refractivity contribution in [2.45, 2.75) is 13.3 Å². The molecule has 0 aliphatic heterocycles. The van der Waals surface area contributed by atoms with Crippen LogP contribution in [0.5, 0.6) is 0 Å². The molecule has 21 heavy (non-hydrogen) atoms. The molecule has 0 aliphatic rings. The van der Waals surface area contributed by atoms with E-state index in [9.17, 15) is 9.59 Å². The van der Waals surface area contributed by atoms with Gasteiger partial charge in [0, 0.05) is 5.57 Å². The Morgan fingerprint density at radius 2 is 1.86 bits per heavy atom. The fraction of sp³-hybridized carbons (Fsp3) is 0.176. The van der Waals surface area contributed by atoms with E-state index in [0.717, 1.165) is 16.3 Å². The number of carboxylic acids is 1. The first-order chi connectivity index (χ1) is 10.1. The molecule has 0 aromatic heterocycles. The summed E-state index contributed by atoms with van der Waals surface area (Å²) in [7, 11) is 0. The summed E-state index contributed by atoms with van der Waals surface area (Å²) in [5.74, 6) is -1.65. The molecule has 0 spiro atoms. The van der Waals surface area contributed by atoms with Crippen LogP contribution in [0.4, 0.5) is 0 Å². The molecule has 0 unspecified atom stereocenters. The minimum Gasteiger partial charge on any atom is -0.481 e. The van der Waals surface area contributed by atoms with Crippen LogP contribution in [0.2, 0.25) is 0 Å². The van der Waals surface area contributed by atoms with E-state index in [1.54, 1.807) is 13.0 Å². The predicted octanol–water partition coefficient (Wildman–Crippen LogP) is 3.26. The third kappa shape index (κ3) is 3.69. The second-order valence-corrected chi connectivity index (χ2v) is 4.53. The van der Waals surface area contributed by atoms with Crippen LogP contribution in [0.15, 0.2) is 48.0 Å². The van der Waals surface area contributed by atoms with Crippen molar-refractivity contribution in [1.82, 2.24) is 0 Å². The van der Waals surface area contributed by atoms with Gasteiger partial charge in [0.2, 0.25) is 0 Å². The van der Waals surface area contributed by atoms with Crippen LogP contribution in [0.1, 0.15) is 18.9 Å². The zero-order valence-electron chi connectivity index (χ0n) is 11.7. The molecule has 4 heteroatoms. The standard InChI is InChI=1S/C17H16O4/c1-2-21-17(20)14(11-16(18)19)10-13-8-5-7-12-6-3-4-9-15(12)13/h3-10H,2,11H2,1H3,(H,18,19)/b14-10+. The molecule has 0 atom stereocenters. The summed E-state index contributed by atoms with van der Waals surface area (Å²) < 4.78 is 4.92. The first-order valence-electron chi connectivity index (χ1n) is 6.69. The first kappa shape index (κ1) is 14.8. The zero-order chi connectivity index (χ0) is 15.2. The second kappa shape index (κ2) is 6.70. The maximum Gasteiger partial charge on any atom is 0.334 e. The largest absolute Gasteiger partial charge is 0.481 e. The Balaban J connectivity index is 2.48. The SMILES string of the molecule is CCOC(=O)/C(=C/c1cccc2ccccc12)CC(=O)O. The Morgan fingerprint density at radius 1 is 1.14 bits per heavy atom. The molecule has 0 amide bonds. The number of ether oxygens (including phenoxy) is 1. The number of carbonyl (C=O) groups is 2. The van der Waals surface area contributed by atoms with E-state index >= 15 is 0 Å². The molecule has 0 saturated carbocycles.